The molecule has 0 fully saturated rings. The fourth-order valence-corrected chi connectivity index (χ4v) is 2.13. The van der Waals surface area contributed by atoms with E-state index in [0.717, 1.165) is 27.8 Å². The van der Waals surface area contributed by atoms with Crippen molar-refractivity contribution in [1.82, 2.24) is 14.5 Å². The molecule has 18 heavy (non-hydrogen) atoms. The molecule has 0 aliphatic heterocycles. The van der Waals surface area contributed by atoms with E-state index in [-0.39, 0.29) is 5.69 Å². The molecule has 0 aliphatic carbocycles. The van der Waals surface area contributed by atoms with Crippen LogP contribution in [0.3, 0.4) is 0 Å². The van der Waals surface area contributed by atoms with E-state index in [2.05, 4.69) is 25.9 Å². The highest BCUT2D eigenvalue weighted by Crippen LogP contribution is 2.16. The van der Waals surface area contributed by atoms with E-state index in [4.69, 9.17) is 0 Å². The van der Waals surface area contributed by atoms with E-state index in [1.54, 1.807) is 17.0 Å². The van der Waals surface area contributed by atoms with Crippen molar-refractivity contribution in [2.75, 3.05) is 0 Å². The summed E-state index contributed by atoms with van der Waals surface area (Å²) in [6.45, 7) is 4.37. The van der Waals surface area contributed by atoms with Crippen LogP contribution < -0.4 is 5.69 Å². The second kappa shape index (κ2) is 5.44. The smallest absolute Gasteiger partial charge is 0.295 e. The molecule has 94 valence electrons. The van der Waals surface area contributed by atoms with Crippen LogP contribution >= 0.6 is 15.9 Å². The summed E-state index contributed by atoms with van der Waals surface area (Å²) in [6, 6.07) is 3.91. The minimum atomic E-state index is -0.192. The Labute approximate surface area is 114 Å². The fraction of sp³-hybridized carbons (Fsp3) is 0.308. The van der Waals surface area contributed by atoms with Crippen LogP contribution in [0.4, 0.5) is 0 Å². The van der Waals surface area contributed by atoms with Crippen LogP contribution in [0.15, 0.2) is 33.8 Å². The highest BCUT2D eigenvalue weighted by Gasteiger charge is 2.08. The van der Waals surface area contributed by atoms with Crippen LogP contribution in [-0.2, 0) is 13.0 Å². The normalized spacial score (nSPS) is 10.6. The molecule has 0 amide bonds. The van der Waals surface area contributed by atoms with Crippen LogP contribution in [0.25, 0.3) is 0 Å². The van der Waals surface area contributed by atoms with E-state index in [1.807, 2.05) is 26.0 Å². The minimum absolute atomic E-state index is 0.192. The standard InChI is InChI=1S/C13H14BrN3O/c1-9-12(14)10(2)17(13(18)16-9)8-5-11-3-6-15-7-4-11/h3-4,6-7H,5,8H2,1-2H3. The Hall–Kier alpha value is -1.49. The lowest BCUT2D eigenvalue weighted by atomic mass is 10.2. The first-order chi connectivity index (χ1) is 8.59. The highest BCUT2D eigenvalue weighted by atomic mass is 79.9. The Kier molecular flexibility index (Phi) is 3.91. The van der Waals surface area contributed by atoms with Crippen molar-refractivity contribution < 1.29 is 0 Å². The first-order valence-electron chi connectivity index (χ1n) is 5.72. The molecule has 0 unspecified atom stereocenters. The summed E-state index contributed by atoms with van der Waals surface area (Å²) in [5.41, 5.74) is 2.62. The zero-order chi connectivity index (χ0) is 13.1. The maximum Gasteiger partial charge on any atom is 0.348 e. The zero-order valence-corrected chi connectivity index (χ0v) is 11.9. The van der Waals surface area contributed by atoms with Gasteiger partial charge < -0.3 is 0 Å². The molecule has 0 saturated carbocycles. The summed E-state index contributed by atoms with van der Waals surface area (Å²) in [4.78, 5) is 19.8. The minimum Gasteiger partial charge on any atom is -0.295 e. The number of halogens is 1. The van der Waals surface area contributed by atoms with E-state index in [0.29, 0.717) is 6.54 Å². The predicted molar refractivity (Wildman–Crippen MR) is 73.6 cm³/mol. The highest BCUT2D eigenvalue weighted by molar-refractivity contribution is 9.10. The summed E-state index contributed by atoms with van der Waals surface area (Å²) < 4.78 is 2.59. The molecule has 5 heteroatoms. The third kappa shape index (κ3) is 2.67. The number of pyridine rings is 1. The van der Waals surface area contributed by atoms with Crippen molar-refractivity contribution in [2.45, 2.75) is 26.8 Å². The van der Waals surface area contributed by atoms with Gasteiger partial charge in [0.25, 0.3) is 0 Å². The fourth-order valence-electron chi connectivity index (χ4n) is 1.83. The maximum atomic E-state index is 11.9. The number of hydrogen-bond acceptors (Lipinski definition) is 3. The van der Waals surface area contributed by atoms with E-state index in [1.165, 1.54) is 0 Å². The molecule has 0 spiro atoms. The Bertz CT molecular complexity index is 608. The van der Waals surface area contributed by atoms with Crippen LogP contribution in [0.2, 0.25) is 0 Å². The monoisotopic (exact) mass is 307 g/mol. The molecule has 0 radical (unpaired) electrons. The first kappa shape index (κ1) is 13.0. The third-order valence-corrected chi connectivity index (χ3v) is 4.06. The lowest BCUT2D eigenvalue weighted by molar-refractivity contribution is 0.622. The summed E-state index contributed by atoms with van der Waals surface area (Å²) >= 11 is 3.46. The van der Waals surface area contributed by atoms with Crippen molar-refractivity contribution in [3.63, 3.8) is 0 Å². The zero-order valence-electron chi connectivity index (χ0n) is 10.4. The summed E-state index contributed by atoms with van der Waals surface area (Å²) in [6.07, 6.45) is 4.31. The molecule has 0 bridgehead atoms. The van der Waals surface area contributed by atoms with E-state index in [9.17, 15) is 4.79 Å². The van der Waals surface area contributed by atoms with E-state index >= 15 is 0 Å². The van der Waals surface area contributed by atoms with Crippen molar-refractivity contribution >= 4 is 15.9 Å². The van der Waals surface area contributed by atoms with Crippen molar-refractivity contribution in [3.8, 4) is 0 Å². The van der Waals surface area contributed by atoms with Gasteiger partial charge in [0.2, 0.25) is 0 Å². The van der Waals surface area contributed by atoms with Crippen molar-refractivity contribution in [1.29, 1.82) is 0 Å². The molecule has 2 aromatic heterocycles. The second-order valence-electron chi connectivity index (χ2n) is 4.14. The number of nitrogens with zero attached hydrogens (tertiary/aromatic N) is 3. The van der Waals surface area contributed by atoms with Gasteiger partial charge in [0, 0.05) is 24.6 Å². The average molecular weight is 308 g/mol. The molecule has 2 heterocycles. The molecule has 0 atom stereocenters. The quantitative estimate of drug-likeness (QED) is 0.874. The SMILES string of the molecule is Cc1nc(=O)n(CCc2ccncc2)c(C)c1Br. The van der Waals surface area contributed by atoms with Crippen molar-refractivity contribution in [2.24, 2.45) is 0 Å². The largest absolute Gasteiger partial charge is 0.348 e. The van der Waals surface area contributed by atoms with Gasteiger partial charge >= 0.3 is 5.69 Å². The van der Waals surface area contributed by atoms with Crippen LogP contribution in [0.5, 0.6) is 0 Å². The molecule has 4 nitrogen and oxygen atoms in total. The number of rotatable bonds is 3. The molecule has 0 aliphatic rings. The van der Waals surface area contributed by atoms with Gasteiger partial charge in [-0.15, -0.1) is 0 Å². The maximum absolute atomic E-state index is 11.9. The first-order valence-corrected chi connectivity index (χ1v) is 6.51. The molecule has 0 N–H and O–H groups in total. The van der Waals surface area contributed by atoms with Crippen LogP contribution in [0, 0.1) is 13.8 Å². The number of aryl methyl sites for hydroxylation is 2. The Morgan fingerprint density at radius 2 is 1.94 bits per heavy atom. The molecule has 0 aromatic carbocycles. The molecular weight excluding hydrogens is 294 g/mol. The summed E-state index contributed by atoms with van der Waals surface area (Å²) in [5, 5.41) is 0. The predicted octanol–water partition coefficient (Wildman–Crippen LogP) is 2.26. The van der Waals surface area contributed by atoms with Gasteiger partial charge in [-0.25, -0.2) is 4.79 Å². The molecule has 2 aromatic rings. The van der Waals surface area contributed by atoms with Gasteiger partial charge in [0.15, 0.2) is 0 Å². The van der Waals surface area contributed by atoms with E-state index < -0.39 is 0 Å². The van der Waals surface area contributed by atoms with Gasteiger partial charge in [0.1, 0.15) is 0 Å². The average Bonchev–Trinajstić information content (AvgIpc) is 2.37. The molecule has 0 saturated heterocycles. The third-order valence-electron chi connectivity index (χ3n) is 2.91. The summed E-state index contributed by atoms with van der Waals surface area (Å²) in [5.74, 6) is 0. The van der Waals surface area contributed by atoms with Gasteiger partial charge in [0.05, 0.1) is 10.2 Å². The van der Waals surface area contributed by atoms with Crippen LogP contribution in [0.1, 0.15) is 17.0 Å². The number of aromatic nitrogens is 3. The number of hydrogen-bond donors (Lipinski definition) is 0. The second-order valence-corrected chi connectivity index (χ2v) is 4.93. The Morgan fingerprint density at radius 3 is 2.61 bits per heavy atom. The van der Waals surface area contributed by atoms with Gasteiger partial charge in [-0.05, 0) is 53.9 Å². The molecular formula is C13H14BrN3O. The van der Waals surface area contributed by atoms with Gasteiger partial charge in [-0.3, -0.25) is 9.55 Å². The van der Waals surface area contributed by atoms with Crippen molar-refractivity contribution in [3.05, 3.63) is 56.4 Å². The Balaban J connectivity index is 2.25. The lowest BCUT2D eigenvalue weighted by Gasteiger charge is -2.11. The topological polar surface area (TPSA) is 47.8 Å². The molecule has 2 rings (SSSR count). The lowest BCUT2D eigenvalue weighted by Crippen LogP contribution is -2.27. The van der Waals surface area contributed by atoms with Gasteiger partial charge in [-0.1, -0.05) is 0 Å². The van der Waals surface area contributed by atoms with Gasteiger partial charge in [-0.2, -0.15) is 4.98 Å². The summed E-state index contributed by atoms with van der Waals surface area (Å²) in [7, 11) is 0. The van der Waals surface area contributed by atoms with Crippen LogP contribution in [-0.4, -0.2) is 14.5 Å². The Morgan fingerprint density at radius 1 is 1.28 bits per heavy atom.